The first-order valence-corrected chi connectivity index (χ1v) is 8.66. The molecular formula is C15H22N4O2S. The summed E-state index contributed by atoms with van der Waals surface area (Å²) in [4.78, 5) is 0.172. The van der Waals surface area contributed by atoms with Crippen LogP contribution < -0.4 is 10.5 Å². The van der Waals surface area contributed by atoms with Gasteiger partial charge in [-0.3, -0.25) is 4.68 Å². The maximum absolute atomic E-state index is 11.5. The number of benzene rings is 1. The van der Waals surface area contributed by atoms with Gasteiger partial charge in [0.2, 0.25) is 10.0 Å². The third-order valence-electron chi connectivity index (χ3n) is 3.62. The van der Waals surface area contributed by atoms with Gasteiger partial charge < -0.3 is 5.32 Å². The highest BCUT2D eigenvalue weighted by molar-refractivity contribution is 7.89. The summed E-state index contributed by atoms with van der Waals surface area (Å²) in [6.45, 7) is 6.32. The van der Waals surface area contributed by atoms with E-state index in [0.29, 0.717) is 12.1 Å². The van der Waals surface area contributed by atoms with Crippen LogP contribution in [0.15, 0.2) is 23.2 Å². The van der Waals surface area contributed by atoms with Crippen LogP contribution in [-0.4, -0.2) is 18.2 Å². The summed E-state index contributed by atoms with van der Waals surface area (Å²) in [5, 5.41) is 13.0. The van der Waals surface area contributed by atoms with Gasteiger partial charge in [0, 0.05) is 31.0 Å². The number of sulfonamides is 1. The highest BCUT2D eigenvalue weighted by atomic mass is 32.2. The Hall–Kier alpha value is -1.86. The molecule has 0 aliphatic rings. The molecule has 1 aromatic carbocycles. The number of nitrogens with two attached hydrogens (primary N) is 1. The fraction of sp³-hybridized carbons (Fsp3) is 0.400. The van der Waals surface area contributed by atoms with Crippen molar-refractivity contribution in [2.45, 2.75) is 38.6 Å². The van der Waals surface area contributed by atoms with Crippen LogP contribution >= 0.6 is 0 Å². The van der Waals surface area contributed by atoms with Crippen LogP contribution in [0.3, 0.4) is 0 Å². The van der Waals surface area contributed by atoms with E-state index in [9.17, 15) is 8.42 Å². The van der Waals surface area contributed by atoms with Gasteiger partial charge in [0.25, 0.3) is 0 Å². The molecule has 0 amide bonds. The summed E-state index contributed by atoms with van der Waals surface area (Å²) in [5.74, 6) is 0. The lowest BCUT2D eigenvalue weighted by Gasteiger charge is -2.13. The SMILES string of the molecule is CCc1nn(C)cc1CNc1cc(C)c(S(N)(=O)=O)cc1C. The van der Waals surface area contributed by atoms with Crippen LogP contribution in [0.25, 0.3) is 0 Å². The van der Waals surface area contributed by atoms with Crippen molar-refractivity contribution in [3.63, 3.8) is 0 Å². The number of hydrogen-bond donors (Lipinski definition) is 2. The third-order valence-corrected chi connectivity index (χ3v) is 4.68. The lowest BCUT2D eigenvalue weighted by molar-refractivity contribution is 0.597. The second-order valence-electron chi connectivity index (χ2n) is 5.46. The number of rotatable bonds is 5. The molecule has 6 nitrogen and oxygen atoms in total. The van der Waals surface area contributed by atoms with E-state index in [0.717, 1.165) is 28.9 Å². The smallest absolute Gasteiger partial charge is 0.238 e. The van der Waals surface area contributed by atoms with E-state index in [1.54, 1.807) is 17.7 Å². The van der Waals surface area contributed by atoms with E-state index in [2.05, 4.69) is 17.3 Å². The zero-order valence-electron chi connectivity index (χ0n) is 13.3. The molecule has 2 aromatic rings. The van der Waals surface area contributed by atoms with Crippen LogP contribution in [0.2, 0.25) is 0 Å². The van der Waals surface area contributed by atoms with Crippen molar-refractivity contribution >= 4 is 15.7 Å². The number of aryl methyl sites for hydroxylation is 4. The first-order valence-electron chi connectivity index (χ1n) is 7.11. The summed E-state index contributed by atoms with van der Waals surface area (Å²) in [7, 11) is -1.79. The Bertz CT molecular complexity index is 794. The van der Waals surface area contributed by atoms with Crippen LogP contribution in [0, 0.1) is 13.8 Å². The van der Waals surface area contributed by atoms with Crippen LogP contribution in [0.1, 0.15) is 29.3 Å². The highest BCUT2D eigenvalue weighted by Gasteiger charge is 2.14. The van der Waals surface area contributed by atoms with Gasteiger partial charge in [-0.15, -0.1) is 0 Å². The normalized spacial score (nSPS) is 11.7. The molecule has 0 saturated carbocycles. The summed E-state index contributed by atoms with van der Waals surface area (Å²) in [6.07, 6.45) is 2.87. The number of nitrogens with zero attached hydrogens (tertiary/aromatic N) is 2. The molecule has 0 fully saturated rings. The van der Waals surface area contributed by atoms with Gasteiger partial charge in [0.05, 0.1) is 10.6 Å². The van der Waals surface area contributed by atoms with Crippen molar-refractivity contribution in [2.24, 2.45) is 12.2 Å². The minimum Gasteiger partial charge on any atom is -0.381 e. The zero-order chi connectivity index (χ0) is 16.5. The second-order valence-corrected chi connectivity index (χ2v) is 6.99. The lowest BCUT2D eigenvalue weighted by Crippen LogP contribution is -2.14. The van der Waals surface area contributed by atoms with Crippen molar-refractivity contribution in [3.05, 3.63) is 40.7 Å². The lowest BCUT2D eigenvalue weighted by atomic mass is 10.1. The minimum absolute atomic E-state index is 0.172. The Morgan fingerprint density at radius 3 is 2.55 bits per heavy atom. The maximum Gasteiger partial charge on any atom is 0.238 e. The van der Waals surface area contributed by atoms with E-state index in [1.165, 1.54) is 0 Å². The summed E-state index contributed by atoms with van der Waals surface area (Å²) < 4.78 is 24.9. The number of aromatic nitrogens is 2. The van der Waals surface area contributed by atoms with Crippen molar-refractivity contribution in [3.8, 4) is 0 Å². The number of primary sulfonamides is 1. The van der Waals surface area contributed by atoms with Gasteiger partial charge in [-0.25, -0.2) is 13.6 Å². The molecule has 1 aromatic heterocycles. The van der Waals surface area contributed by atoms with E-state index >= 15 is 0 Å². The predicted octanol–water partition coefficient (Wildman–Crippen LogP) is 1.86. The average molecular weight is 322 g/mol. The van der Waals surface area contributed by atoms with Crippen molar-refractivity contribution in [2.75, 3.05) is 5.32 Å². The average Bonchev–Trinajstić information content (AvgIpc) is 2.78. The molecule has 0 aliphatic carbocycles. The van der Waals surface area contributed by atoms with E-state index in [1.807, 2.05) is 26.2 Å². The third kappa shape index (κ3) is 3.48. The van der Waals surface area contributed by atoms with E-state index in [-0.39, 0.29) is 4.90 Å². The van der Waals surface area contributed by atoms with Crippen molar-refractivity contribution in [1.29, 1.82) is 0 Å². The molecule has 22 heavy (non-hydrogen) atoms. The Labute approximate surface area is 131 Å². The molecule has 0 saturated heterocycles. The van der Waals surface area contributed by atoms with Crippen molar-refractivity contribution in [1.82, 2.24) is 9.78 Å². The Morgan fingerprint density at radius 2 is 1.95 bits per heavy atom. The first kappa shape index (κ1) is 16.5. The summed E-state index contributed by atoms with van der Waals surface area (Å²) in [6, 6.07) is 3.42. The maximum atomic E-state index is 11.5. The van der Waals surface area contributed by atoms with Crippen molar-refractivity contribution < 1.29 is 8.42 Å². The molecule has 0 bridgehead atoms. The molecule has 0 aliphatic heterocycles. The number of hydrogen-bond acceptors (Lipinski definition) is 4. The van der Waals surface area contributed by atoms with E-state index < -0.39 is 10.0 Å². The number of anilines is 1. The Balaban J connectivity index is 2.25. The second kappa shape index (κ2) is 6.10. The molecule has 0 spiro atoms. The Morgan fingerprint density at radius 1 is 1.27 bits per heavy atom. The van der Waals surface area contributed by atoms with Crippen LogP contribution in [-0.2, 0) is 30.0 Å². The Kier molecular flexibility index (Phi) is 4.58. The fourth-order valence-corrected chi connectivity index (χ4v) is 3.35. The molecule has 0 unspecified atom stereocenters. The predicted molar refractivity (Wildman–Crippen MR) is 87.2 cm³/mol. The number of nitrogens with one attached hydrogen (secondary N) is 1. The topological polar surface area (TPSA) is 90.0 Å². The van der Waals surface area contributed by atoms with Crippen LogP contribution in [0.4, 0.5) is 5.69 Å². The first-order chi connectivity index (χ1) is 10.2. The van der Waals surface area contributed by atoms with Gasteiger partial charge in [-0.1, -0.05) is 6.92 Å². The zero-order valence-corrected chi connectivity index (χ0v) is 14.2. The molecular weight excluding hydrogens is 300 g/mol. The van der Waals surface area contributed by atoms with Gasteiger partial charge in [0.1, 0.15) is 0 Å². The fourth-order valence-electron chi connectivity index (χ4n) is 2.51. The molecule has 0 radical (unpaired) electrons. The standard InChI is InChI=1S/C15H22N4O2S/c1-5-13-12(9-19(4)18-13)8-17-14-6-11(3)15(7-10(14)2)22(16,20)21/h6-7,9,17H,5,8H2,1-4H3,(H2,16,20,21). The monoisotopic (exact) mass is 322 g/mol. The van der Waals surface area contributed by atoms with Gasteiger partial charge in [-0.2, -0.15) is 5.10 Å². The molecule has 3 N–H and O–H groups in total. The molecule has 0 atom stereocenters. The summed E-state index contributed by atoms with van der Waals surface area (Å²) >= 11 is 0. The minimum atomic E-state index is -3.69. The molecule has 1 heterocycles. The molecule has 7 heteroatoms. The van der Waals surface area contributed by atoms with Gasteiger partial charge in [-0.05, 0) is 43.5 Å². The van der Waals surface area contributed by atoms with Crippen LogP contribution in [0.5, 0.6) is 0 Å². The molecule has 120 valence electrons. The van der Waals surface area contributed by atoms with Gasteiger partial charge >= 0.3 is 0 Å². The van der Waals surface area contributed by atoms with Gasteiger partial charge in [0.15, 0.2) is 0 Å². The van der Waals surface area contributed by atoms with E-state index in [4.69, 9.17) is 5.14 Å². The largest absolute Gasteiger partial charge is 0.381 e. The highest BCUT2D eigenvalue weighted by Crippen LogP contribution is 2.24. The molecule has 2 rings (SSSR count). The summed E-state index contributed by atoms with van der Waals surface area (Å²) in [5.41, 5.74) is 4.58. The quantitative estimate of drug-likeness (QED) is 0.879.